The topological polar surface area (TPSA) is 103 Å². The Morgan fingerprint density at radius 2 is 2.00 bits per heavy atom. The van der Waals surface area contributed by atoms with Crippen molar-refractivity contribution in [2.24, 2.45) is 0 Å². The molecule has 2 saturated heterocycles. The molecule has 3 N–H and O–H groups in total. The van der Waals surface area contributed by atoms with Crippen LogP contribution >= 0.6 is 0 Å². The normalized spacial score (nSPS) is 29.2. The highest BCUT2D eigenvalue weighted by Crippen LogP contribution is 2.43. The van der Waals surface area contributed by atoms with E-state index in [0.29, 0.717) is 17.7 Å². The van der Waals surface area contributed by atoms with Gasteiger partial charge in [0.2, 0.25) is 6.23 Å². The smallest absolute Gasteiger partial charge is 0.351 e. The Hall–Kier alpha value is -2.47. The third-order valence-corrected chi connectivity index (χ3v) is 5.39. The number of nitrogens with zero attached hydrogens (tertiary/aromatic N) is 3. The predicted octanol–water partition coefficient (Wildman–Crippen LogP) is 0.932. The van der Waals surface area contributed by atoms with E-state index in [1.54, 1.807) is 12.1 Å². The maximum atomic E-state index is 14.8. The number of nitrogen functional groups attached to an aromatic ring is 1. The molecule has 8 nitrogen and oxygen atoms in total. The molecule has 30 heavy (non-hydrogen) atoms. The Morgan fingerprint density at radius 3 is 2.70 bits per heavy atom. The molecule has 0 radical (unpaired) electrons. The van der Waals surface area contributed by atoms with Crippen LogP contribution in [0.15, 0.2) is 41.3 Å². The van der Waals surface area contributed by atoms with E-state index >= 15 is 0 Å². The number of benzene rings is 1. The fraction of sp³-hybridized carbons (Fsp3) is 0.474. The molecular formula is C19H21F3N4O4. The van der Waals surface area contributed by atoms with E-state index < -0.39 is 30.0 Å². The van der Waals surface area contributed by atoms with Crippen LogP contribution in [0.4, 0.5) is 19.0 Å². The van der Waals surface area contributed by atoms with Crippen LogP contribution in [-0.2, 0) is 9.47 Å². The first-order valence-corrected chi connectivity index (χ1v) is 9.40. The monoisotopic (exact) mass is 426 g/mol. The molecule has 1 aromatic heterocycles. The summed E-state index contributed by atoms with van der Waals surface area (Å²) in [5.74, 6) is -4.21. The minimum absolute atomic E-state index is 0.0319. The van der Waals surface area contributed by atoms with Crippen molar-refractivity contribution in [3.8, 4) is 0 Å². The van der Waals surface area contributed by atoms with Gasteiger partial charge in [0.15, 0.2) is 0 Å². The molecule has 11 heteroatoms. The zero-order chi connectivity index (χ0) is 21.5. The van der Waals surface area contributed by atoms with Gasteiger partial charge >= 0.3 is 11.6 Å². The van der Waals surface area contributed by atoms with Gasteiger partial charge in [0, 0.05) is 19.3 Å². The van der Waals surface area contributed by atoms with Gasteiger partial charge in [-0.1, -0.05) is 12.1 Å². The Labute approximate surface area is 169 Å². The maximum Gasteiger partial charge on any atom is 0.351 e. The fourth-order valence-electron chi connectivity index (χ4n) is 3.80. The summed E-state index contributed by atoms with van der Waals surface area (Å²) in [7, 11) is 0. The number of nitrogens with two attached hydrogens (primary N) is 1. The predicted molar refractivity (Wildman–Crippen MR) is 99.3 cm³/mol. The lowest BCUT2D eigenvalue weighted by molar-refractivity contribution is -0.141. The summed E-state index contributed by atoms with van der Waals surface area (Å²) >= 11 is 0. The van der Waals surface area contributed by atoms with Gasteiger partial charge in [-0.3, -0.25) is 9.47 Å². The van der Waals surface area contributed by atoms with Crippen molar-refractivity contribution in [3.63, 3.8) is 0 Å². The number of hydrogen-bond donors (Lipinski definition) is 2. The van der Waals surface area contributed by atoms with Crippen molar-refractivity contribution < 1.29 is 27.8 Å². The molecule has 1 unspecified atom stereocenters. The van der Waals surface area contributed by atoms with Crippen molar-refractivity contribution in [2.45, 2.75) is 30.4 Å². The number of rotatable bonds is 4. The number of aliphatic hydroxyl groups excluding tert-OH is 1. The standard InChI is InChI=1S/C19H21F3N4O4/c20-12-3-1-11(2-4-12)13-10-29-8-7-25(13)9-14-16(27)19(21,22)17(30-14)26-6-5-15(23)24-18(26)28/h1-6,13-14,16-17,27H,7-10H2,(H2,23,24,28)/t13?,14-,16-,17-/m1/s1. The van der Waals surface area contributed by atoms with E-state index in [1.165, 1.54) is 18.2 Å². The quantitative estimate of drug-likeness (QED) is 0.750. The minimum atomic E-state index is -3.72. The average molecular weight is 426 g/mol. The van der Waals surface area contributed by atoms with Gasteiger partial charge in [-0.2, -0.15) is 13.8 Å². The molecule has 0 spiro atoms. The lowest BCUT2D eigenvalue weighted by atomic mass is 10.0. The van der Waals surface area contributed by atoms with Crippen LogP contribution in [-0.4, -0.2) is 64.0 Å². The summed E-state index contributed by atoms with van der Waals surface area (Å²) in [6, 6.07) is 6.72. The third kappa shape index (κ3) is 3.81. The van der Waals surface area contributed by atoms with E-state index in [0.717, 1.165) is 11.8 Å². The molecule has 1 aromatic carbocycles. The van der Waals surface area contributed by atoms with Crippen LogP contribution < -0.4 is 11.4 Å². The van der Waals surface area contributed by atoms with Crippen LogP contribution in [0.25, 0.3) is 0 Å². The van der Waals surface area contributed by atoms with E-state index in [9.17, 15) is 23.1 Å². The highest BCUT2D eigenvalue weighted by molar-refractivity contribution is 5.24. The van der Waals surface area contributed by atoms with Crippen LogP contribution in [0.5, 0.6) is 0 Å². The van der Waals surface area contributed by atoms with E-state index in [2.05, 4.69) is 4.98 Å². The van der Waals surface area contributed by atoms with Crippen molar-refractivity contribution >= 4 is 5.82 Å². The molecular weight excluding hydrogens is 405 g/mol. The number of aliphatic hydroxyl groups is 1. The van der Waals surface area contributed by atoms with Crippen LogP contribution in [0.2, 0.25) is 0 Å². The Bertz CT molecular complexity index is 956. The van der Waals surface area contributed by atoms with Crippen molar-refractivity contribution in [2.75, 3.05) is 32.0 Å². The Kier molecular flexibility index (Phi) is 5.53. The summed E-state index contributed by atoms with van der Waals surface area (Å²) in [6.45, 7) is 1.04. The molecule has 2 aliphatic rings. The van der Waals surface area contributed by atoms with Crippen LogP contribution in [0, 0.1) is 5.82 Å². The van der Waals surface area contributed by atoms with Gasteiger partial charge < -0.3 is 20.3 Å². The van der Waals surface area contributed by atoms with Crippen LogP contribution in [0.3, 0.4) is 0 Å². The van der Waals surface area contributed by atoms with Gasteiger partial charge in [-0.05, 0) is 23.8 Å². The van der Waals surface area contributed by atoms with Crippen molar-refractivity contribution in [1.82, 2.24) is 14.5 Å². The second-order valence-electron chi connectivity index (χ2n) is 7.33. The molecule has 162 valence electrons. The van der Waals surface area contributed by atoms with E-state index in [-0.39, 0.29) is 30.8 Å². The summed E-state index contributed by atoms with van der Waals surface area (Å²) < 4.78 is 54.3. The molecule has 4 atom stereocenters. The highest BCUT2D eigenvalue weighted by atomic mass is 19.3. The summed E-state index contributed by atoms with van der Waals surface area (Å²) in [4.78, 5) is 17.3. The number of anilines is 1. The van der Waals surface area contributed by atoms with Gasteiger partial charge in [0.05, 0.1) is 19.3 Å². The summed E-state index contributed by atoms with van der Waals surface area (Å²) in [6.07, 6.45) is -4.35. The Balaban J connectivity index is 1.56. The number of ether oxygens (including phenoxy) is 2. The largest absolute Gasteiger partial charge is 0.384 e. The van der Waals surface area contributed by atoms with Crippen molar-refractivity contribution in [1.29, 1.82) is 0 Å². The molecule has 0 saturated carbocycles. The van der Waals surface area contributed by atoms with Gasteiger partial charge in [0.25, 0.3) is 0 Å². The van der Waals surface area contributed by atoms with Crippen molar-refractivity contribution in [3.05, 3.63) is 58.4 Å². The zero-order valence-corrected chi connectivity index (χ0v) is 15.8. The molecule has 2 aliphatic heterocycles. The summed E-state index contributed by atoms with van der Waals surface area (Å²) in [5, 5.41) is 10.3. The zero-order valence-electron chi connectivity index (χ0n) is 15.8. The first-order valence-electron chi connectivity index (χ1n) is 9.40. The average Bonchev–Trinajstić information content (AvgIpc) is 2.93. The minimum Gasteiger partial charge on any atom is -0.384 e. The molecule has 3 heterocycles. The third-order valence-electron chi connectivity index (χ3n) is 5.39. The molecule has 2 fully saturated rings. The lowest BCUT2D eigenvalue weighted by Gasteiger charge is -2.37. The SMILES string of the molecule is Nc1ccn([C@@H]2O[C@H](CN3CCOCC3c3ccc(F)cc3)[C@@H](O)C2(F)F)c(=O)n1. The number of hydrogen-bond acceptors (Lipinski definition) is 7. The number of morpholine rings is 1. The first-order chi connectivity index (χ1) is 14.3. The highest BCUT2D eigenvalue weighted by Gasteiger charge is 2.60. The molecule has 4 rings (SSSR count). The molecule has 0 bridgehead atoms. The molecule has 0 amide bonds. The molecule has 2 aromatic rings. The van der Waals surface area contributed by atoms with Crippen LogP contribution in [0.1, 0.15) is 17.8 Å². The van der Waals surface area contributed by atoms with Gasteiger partial charge in [-0.15, -0.1) is 0 Å². The fourth-order valence-corrected chi connectivity index (χ4v) is 3.80. The molecule has 0 aliphatic carbocycles. The van der Waals surface area contributed by atoms with E-state index in [4.69, 9.17) is 15.2 Å². The van der Waals surface area contributed by atoms with E-state index in [1.807, 2.05) is 4.90 Å². The lowest BCUT2D eigenvalue weighted by Crippen LogP contribution is -2.47. The first kappa shape index (κ1) is 20.8. The number of aromatic nitrogens is 2. The number of halogens is 3. The second kappa shape index (κ2) is 7.99. The Morgan fingerprint density at radius 1 is 1.27 bits per heavy atom. The van der Waals surface area contributed by atoms with Gasteiger partial charge in [0.1, 0.15) is 23.8 Å². The maximum absolute atomic E-state index is 14.8. The summed E-state index contributed by atoms with van der Waals surface area (Å²) in [5.41, 5.74) is 5.17. The van der Waals surface area contributed by atoms with Gasteiger partial charge in [-0.25, -0.2) is 9.18 Å². The second-order valence-corrected chi connectivity index (χ2v) is 7.33. The number of alkyl halides is 2.